The van der Waals surface area contributed by atoms with Gasteiger partial charge in [-0.3, -0.25) is 14.5 Å². The Kier molecular flexibility index (Phi) is 5.31. The average Bonchev–Trinajstić information content (AvgIpc) is 3.50. The summed E-state index contributed by atoms with van der Waals surface area (Å²) < 4.78 is 7.30. The lowest BCUT2D eigenvalue weighted by Crippen LogP contribution is -2.61. The second-order valence-corrected chi connectivity index (χ2v) is 9.58. The summed E-state index contributed by atoms with van der Waals surface area (Å²) in [5.41, 5.74) is 0.130. The minimum Gasteiger partial charge on any atom is -0.379 e. The number of aromatic nitrogens is 2. The lowest BCUT2D eigenvalue weighted by Gasteiger charge is -2.53. The first-order valence-electron chi connectivity index (χ1n) is 11.5. The van der Waals surface area contributed by atoms with Crippen molar-refractivity contribution in [2.45, 2.75) is 50.6 Å². The molecule has 8 heteroatoms. The van der Waals surface area contributed by atoms with Crippen molar-refractivity contribution in [1.82, 2.24) is 24.7 Å². The van der Waals surface area contributed by atoms with Crippen LogP contribution in [-0.4, -0.2) is 82.6 Å². The molecular formula is C22H33N5O3. The number of hydrogen-bond acceptors (Lipinski definition) is 5. The summed E-state index contributed by atoms with van der Waals surface area (Å²) in [7, 11) is 1.84. The van der Waals surface area contributed by atoms with Gasteiger partial charge in [0.15, 0.2) is 0 Å². The summed E-state index contributed by atoms with van der Waals surface area (Å²) in [6, 6.07) is 0.868. The van der Waals surface area contributed by atoms with Gasteiger partial charge in [0.25, 0.3) is 5.91 Å². The van der Waals surface area contributed by atoms with Crippen molar-refractivity contribution in [3.63, 3.8) is 0 Å². The molecule has 0 spiro atoms. The molecule has 4 aliphatic rings. The molecule has 164 valence electrons. The van der Waals surface area contributed by atoms with Gasteiger partial charge in [-0.15, -0.1) is 0 Å². The monoisotopic (exact) mass is 415 g/mol. The number of rotatable bonds is 4. The van der Waals surface area contributed by atoms with E-state index in [2.05, 4.69) is 15.2 Å². The molecule has 2 aliphatic heterocycles. The third kappa shape index (κ3) is 3.64. The summed E-state index contributed by atoms with van der Waals surface area (Å²) in [4.78, 5) is 35.2. The molecule has 0 aromatic carbocycles. The van der Waals surface area contributed by atoms with Crippen LogP contribution in [0.1, 0.15) is 49.0 Å². The lowest BCUT2D eigenvalue weighted by molar-refractivity contribution is -0.143. The molecule has 1 N–H and O–H groups in total. The first-order valence-corrected chi connectivity index (χ1v) is 11.5. The van der Waals surface area contributed by atoms with Crippen LogP contribution in [-0.2, 0) is 16.6 Å². The van der Waals surface area contributed by atoms with Crippen LogP contribution in [0.5, 0.6) is 0 Å². The fourth-order valence-corrected chi connectivity index (χ4v) is 5.73. The predicted molar refractivity (Wildman–Crippen MR) is 111 cm³/mol. The molecule has 1 aromatic rings. The normalized spacial score (nSPS) is 32.5. The topological polar surface area (TPSA) is 79.7 Å². The Bertz CT molecular complexity index is 800. The van der Waals surface area contributed by atoms with Gasteiger partial charge in [-0.05, 0) is 44.4 Å². The molecule has 5 rings (SSSR count). The predicted octanol–water partition coefficient (Wildman–Crippen LogP) is 1.03. The van der Waals surface area contributed by atoms with Crippen molar-refractivity contribution >= 4 is 11.8 Å². The minimum absolute atomic E-state index is 0.0117. The zero-order valence-electron chi connectivity index (χ0n) is 17.9. The number of carbonyl (C=O) groups excluding carboxylic acids is 2. The molecule has 0 radical (unpaired) electrons. The standard InChI is InChI=1S/C22H33N5O3/c1-25-15-23-13-19(25)20(28)27-7-5-16-12-18(26-8-10-30-11-9-26)4-6-22(16,14-27)21(29)24-17-2-3-17/h13,15-18H,2-12,14H2,1H3,(H,24,29)/t16-,18+,22-/m1/s1. The van der Waals surface area contributed by atoms with E-state index in [1.54, 1.807) is 17.1 Å². The number of ether oxygens (including phenoxy) is 1. The molecule has 2 amide bonds. The molecule has 1 aromatic heterocycles. The highest BCUT2D eigenvalue weighted by atomic mass is 16.5. The van der Waals surface area contributed by atoms with E-state index in [0.29, 0.717) is 36.8 Å². The molecule has 8 nitrogen and oxygen atoms in total. The third-order valence-electron chi connectivity index (χ3n) is 7.73. The van der Waals surface area contributed by atoms with Crippen molar-refractivity contribution in [2.75, 3.05) is 39.4 Å². The number of imidazole rings is 1. The second-order valence-electron chi connectivity index (χ2n) is 9.58. The van der Waals surface area contributed by atoms with Gasteiger partial charge < -0.3 is 19.5 Å². The van der Waals surface area contributed by atoms with Gasteiger partial charge in [0.2, 0.25) is 5.91 Å². The van der Waals surface area contributed by atoms with Gasteiger partial charge in [0, 0.05) is 45.3 Å². The van der Waals surface area contributed by atoms with Crippen LogP contribution in [0.4, 0.5) is 0 Å². The smallest absolute Gasteiger partial charge is 0.272 e. The number of piperidine rings is 1. The molecule has 0 unspecified atom stereocenters. The van der Waals surface area contributed by atoms with Gasteiger partial charge in [0.05, 0.1) is 31.2 Å². The van der Waals surface area contributed by atoms with Crippen LogP contribution in [0, 0.1) is 11.3 Å². The summed E-state index contributed by atoms with van der Waals surface area (Å²) in [6.07, 6.45) is 9.26. The minimum atomic E-state index is -0.460. The zero-order chi connectivity index (χ0) is 20.7. The van der Waals surface area contributed by atoms with Crippen LogP contribution in [0.2, 0.25) is 0 Å². The van der Waals surface area contributed by atoms with Crippen LogP contribution in [0.3, 0.4) is 0 Å². The average molecular weight is 416 g/mol. The largest absolute Gasteiger partial charge is 0.379 e. The molecule has 3 heterocycles. The maximum absolute atomic E-state index is 13.5. The summed E-state index contributed by atoms with van der Waals surface area (Å²) >= 11 is 0. The number of amides is 2. The molecule has 0 bridgehead atoms. The first-order chi connectivity index (χ1) is 14.6. The highest BCUT2D eigenvalue weighted by Crippen LogP contribution is 2.48. The van der Waals surface area contributed by atoms with Crippen LogP contribution < -0.4 is 5.32 Å². The van der Waals surface area contributed by atoms with E-state index in [1.165, 1.54) is 0 Å². The molecule has 30 heavy (non-hydrogen) atoms. The maximum atomic E-state index is 13.5. The fraction of sp³-hybridized carbons (Fsp3) is 0.773. The number of nitrogens with zero attached hydrogens (tertiary/aromatic N) is 4. The van der Waals surface area contributed by atoms with E-state index in [-0.39, 0.29) is 11.8 Å². The summed E-state index contributed by atoms with van der Waals surface area (Å²) in [5, 5.41) is 3.29. The van der Waals surface area contributed by atoms with E-state index in [9.17, 15) is 9.59 Å². The van der Waals surface area contributed by atoms with Crippen LogP contribution in [0.15, 0.2) is 12.5 Å². The van der Waals surface area contributed by atoms with Crippen LogP contribution >= 0.6 is 0 Å². The number of morpholine rings is 1. The van der Waals surface area contributed by atoms with E-state index in [1.807, 2.05) is 11.9 Å². The van der Waals surface area contributed by atoms with Gasteiger partial charge in [-0.1, -0.05) is 0 Å². The first kappa shape index (κ1) is 20.0. The third-order valence-corrected chi connectivity index (χ3v) is 7.73. The Balaban J connectivity index is 1.36. The number of likely N-dealkylation sites (tertiary alicyclic amines) is 1. The SMILES string of the molecule is Cn1cncc1C(=O)N1CC[C@@H]2C[C@@H](N3CCOCC3)CC[C@@]2(C(=O)NC2CC2)C1. The Morgan fingerprint density at radius 2 is 1.97 bits per heavy atom. The zero-order valence-corrected chi connectivity index (χ0v) is 17.9. The quantitative estimate of drug-likeness (QED) is 0.795. The molecule has 4 fully saturated rings. The summed E-state index contributed by atoms with van der Waals surface area (Å²) in [6.45, 7) is 4.83. The number of aryl methyl sites for hydroxylation is 1. The Hall–Kier alpha value is -1.93. The van der Waals surface area contributed by atoms with E-state index in [4.69, 9.17) is 4.74 Å². The Morgan fingerprint density at radius 3 is 2.67 bits per heavy atom. The molecule has 3 atom stereocenters. The van der Waals surface area contributed by atoms with Crippen molar-refractivity contribution in [1.29, 1.82) is 0 Å². The molecule has 2 saturated carbocycles. The van der Waals surface area contributed by atoms with Crippen LogP contribution in [0.25, 0.3) is 0 Å². The number of nitrogens with one attached hydrogen (secondary N) is 1. The highest BCUT2D eigenvalue weighted by molar-refractivity contribution is 5.93. The van der Waals surface area contributed by atoms with Gasteiger partial charge >= 0.3 is 0 Å². The van der Waals surface area contributed by atoms with Gasteiger partial charge in [0.1, 0.15) is 5.69 Å². The lowest BCUT2D eigenvalue weighted by atomic mass is 9.60. The van der Waals surface area contributed by atoms with Crippen molar-refractivity contribution in [2.24, 2.45) is 18.4 Å². The van der Waals surface area contributed by atoms with Crippen molar-refractivity contribution < 1.29 is 14.3 Å². The van der Waals surface area contributed by atoms with Crippen molar-refractivity contribution in [3.05, 3.63) is 18.2 Å². The molecular weight excluding hydrogens is 382 g/mol. The number of carbonyl (C=O) groups is 2. The second kappa shape index (κ2) is 7.96. The van der Waals surface area contributed by atoms with Gasteiger partial charge in [-0.2, -0.15) is 0 Å². The van der Waals surface area contributed by atoms with Crippen molar-refractivity contribution in [3.8, 4) is 0 Å². The maximum Gasteiger partial charge on any atom is 0.272 e. The highest BCUT2D eigenvalue weighted by Gasteiger charge is 2.54. The molecule has 2 aliphatic carbocycles. The van der Waals surface area contributed by atoms with Gasteiger partial charge in [-0.25, -0.2) is 4.98 Å². The Labute approximate surface area is 177 Å². The van der Waals surface area contributed by atoms with E-state index in [0.717, 1.165) is 64.8 Å². The number of hydrogen-bond donors (Lipinski definition) is 1. The fourth-order valence-electron chi connectivity index (χ4n) is 5.73. The number of fused-ring (bicyclic) bond motifs is 1. The van der Waals surface area contributed by atoms with E-state index < -0.39 is 5.41 Å². The van der Waals surface area contributed by atoms with E-state index >= 15 is 0 Å². The Morgan fingerprint density at radius 1 is 1.17 bits per heavy atom. The summed E-state index contributed by atoms with van der Waals surface area (Å²) in [5.74, 6) is 0.494. The molecule has 2 saturated heterocycles.